The van der Waals surface area contributed by atoms with Crippen LogP contribution in [0.4, 0.5) is 4.53 Å². The number of halogens is 1. The second-order valence-electron chi connectivity index (χ2n) is 4.26. The molecule has 0 bridgehead atoms. The van der Waals surface area contributed by atoms with E-state index in [0.717, 1.165) is 13.1 Å². The summed E-state index contributed by atoms with van der Waals surface area (Å²) < 4.78 is 11.7. The van der Waals surface area contributed by atoms with Gasteiger partial charge >= 0.3 is 0 Å². The van der Waals surface area contributed by atoms with E-state index in [4.69, 9.17) is 0 Å². The molecule has 0 amide bonds. The van der Waals surface area contributed by atoms with Crippen LogP contribution in [0.2, 0.25) is 0 Å². The van der Waals surface area contributed by atoms with Crippen molar-refractivity contribution in [2.24, 2.45) is 0 Å². The van der Waals surface area contributed by atoms with Gasteiger partial charge in [-0.3, -0.25) is 0 Å². The second kappa shape index (κ2) is 8.19. The van der Waals surface area contributed by atoms with Crippen LogP contribution in [0.3, 0.4) is 0 Å². The van der Waals surface area contributed by atoms with Crippen molar-refractivity contribution in [2.45, 2.75) is 32.9 Å². The van der Waals surface area contributed by atoms with Crippen LogP contribution in [0.5, 0.6) is 0 Å². The summed E-state index contributed by atoms with van der Waals surface area (Å²) in [5, 5.41) is 6.65. The molecule has 1 aromatic carbocycles. The maximum Gasteiger partial charge on any atom is 0.104 e. The highest BCUT2D eigenvalue weighted by Crippen LogP contribution is 2.16. The lowest BCUT2D eigenvalue weighted by atomic mass is 10.0. The standard InChI is InChI=1S/C12H17FN2O.C2H6/c1-9-3-2-4-10(5-9)12-7-14-11(6-15-12)8-16-13;1-2/h2-5,11-12,14-15H,6-8H2,1H3;1-2H3. The molecule has 1 saturated heterocycles. The van der Waals surface area contributed by atoms with Gasteiger partial charge in [0.2, 0.25) is 0 Å². The van der Waals surface area contributed by atoms with Gasteiger partial charge < -0.3 is 10.6 Å². The van der Waals surface area contributed by atoms with Crippen molar-refractivity contribution in [1.29, 1.82) is 0 Å². The average Bonchev–Trinajstić information content (AvgIpc) is 2.42. The zero-order valence-electron chi connectivity index (χ0n) is 11.4. The molecule has 2 N–H and O–H groups in total. The van der Waals surface area contributed by atoms with Gasteiger partial charge in [-0.2, -0.15) is 4.94 Å². The number of hydrogen-bond donors (Lipinski definition) is 2. The van der Waals surface area contributed by atoms with Gasteiger partial charge in [0, 0.05) is 25.2 Å². The fourth-order valence-electron chi connectivity index (χ4n) is 2.03. The summed E-state index contributed by atoms with van der Waals surface area (Å²) in [6.07, 6.45) is 0. The van der Waals surface area contributed by atoms with Crippen LogP contribution >= 0.6 is 0 Å². The topological polar surface area (TPSA) is 33.3 Å². The first kappa shape index (κ1) is 15.1. The molecule has 0 saturated carbocycles. The van der Waals surface area contributed by atoms with Crippen LogP contribution < -0.4 is 10.6 Å². The van der Waals surface area contributed by atoms with E-state index < -0.39 is 0 Å². The van der Waals surface area contributed by atoms with Crippen LogP contribution in [0.25, 0.3) is 0 Å². The number of piperazine rings is 1. The van der Waals surface area contributed by atoms with E-state index in [1.807, 2.05) is 13.8 Å². The summed E-state index contributed by atoms with van der Waals surface area (Å²) >= 11 is 0. The Bertz CT molecular complexity index is 338. The van der Waals surface area contributed by atoms with Crippen molar-refractivity contribution in [3.8, 4) is 0 Å². The first-order chi connectivity index (χ1) is 8.79. The molecule has 3 nitrogen and oxygen atoms in total. The summed E-state index contributed by atoms with van der Waals surface area (Å²) in [5.41, 5.74) is 2.53. The third-order valence-corrected chi connectivity index (χ3v) is 2.93. The Labute approximate surface area is 109 Å². The van der Waals surface area contributed by atoms with Gasteiger partial charge in [0.05, 0.1) is 0 Å². The lowest BCUT2D eigenvalue weighted by Crippen LogP contribution is -2.51. The SMILES string of the molecule is CC.Cc1cccc(C2CNC(COF)CN2)c1. The van der Waals surface area contributed by atoms with Crippen LogP contribution in [0.1, 0.15) is 31.0 Å². The van der Waals surface area contributed by atoms with E-state index >= 15 is 0 Å². The molecule has 102 valence electrons. The maximum atomic E-state index is 11.7. The molecule has 1 aromatic rings. The van der Waals surface area contributed by atoms with Gasteiger partial charge in [-0.1, -0.05) is 43.7 Å². The highest BCUT2D eigenvalue weighted by molar-refractivity contribution is 5.25. The molecule has 0 aromatic heterocycles. The third kappa shape index (κ3) is 4.37. The lowest BCUT2D eigenvalue weighted by molar-refractivity contribution is -0.140. The summed E-state index contributed by atoms with van der Waals surface area (Å²) in [7, 11) is 0. The Morgan fingerprint density at radius 1 is 1.28 bits per heavy atom. The number of rotatable bonds is 3. The molecular formula is C14H23FN2O. The molecule has 2 atom stereocenters. The van der Waals surface area contributed by atoms with Crippen molar-refractivity contribution in [2.75, 3.05) is 19.7 Å². The van der Waals surface area contributed by atoms with Crippen molar-refractivity contribution in [3.05, 3.63) is 35.4 Å². The molecule has 1 heterocycles. The molecule has 2 unspecified atom stereocenters. The smallest absolute Gasteiger partial charge is 0.104 e. The fraction of sp³-hybridized carbons (Fsp3) is 0.571. The first-order valence-corrected chi connectivity index (χ1v) is 6.56. The summed E-state index contributed by atoms with van der Waals surface area (Å²) in [5.74, 6) is 0. The zero-order chi connectivity index (χ0) is 13.4. The van der Waals surface area contributed by atoms with Crippen molar-refractivity contribution >= 4 is 0 Å². The van der Waals surface area contributed by atoms with E-state index in [0.29, 0.717) is 6.04 Å². The number of hydrogen-bond acceptors (Lipinski definition) is 3. The Kier molecular flexibility index (Phi) is 6.86. The van der Waals surface area contributed by atoms with Gasteiger partial charge in [-0.05, 0) is 17.0 Å². The Morgan fingerprint density at radius 2 is 2.06 bits per heavy atom. The molecule has 0 spiro atoms. The third-order valence-electron chi connectivity index (χ3n) is 2.93. The number of aryl methyl sites for hydroxylation is 1. The molecule has 0 radical (unpaired) electrons. The van der Waals surface area contributed by atoms with Gasteiger partial charge in [0.1, 0.15) is 6.61 Å². The van der Waals surface area contributed by atoms with Gasteiger partial charge in [0.25, 0.3) is 0 Å². The van der Waals surface area contributed by atoms with E-state index in [-0.39, 0.29) is 12.6 Å². The predicted octanol–water partition coefficient (Wildman–Crippen LogP) is 2.52. The summed E-state index contributed by atoms with van der Waals surface area (Å²) in [6, 6.07) is 8.79. The van der Waals surface area contributed by atoms with E-state index in [1.165, 1.54) is 11.1 Å². The lowest BCUT2D eigenvalue weighted by Gasteiger charge is -2.30. The van der Waals surface area contributed by atoms with Crippen molar-refractivity contribution in [1.82, 2.24) is 10.6 Å². The molecule has 0 aliphatic carbocycles. The molecule has 1 aliphatic rings. The fourth-order valence-corrected chi connectivity index (χ4v) is 2.03. The Morgan fingerprint density at radius 3 is 2.61 bits per heavy atom. The predicted molar refractivity (Wildman–Crippen MR) is 72.1 cm³/mol. The molecule has 2 rings (SSSR count). The van der Waals surface area contributed by atoms with Crippen LogP contribution in [0, 0.1) is 6.92 Å². The summed E-state index contributed by atoms with van der Waals surface area (Å²) in [4.78, 5) is 3.64. The van der Waals surface area contributed by atoms with Gasteiger partial charge in [-0.15, -0.1) is 0 Å². The summed E-state index contributed by atoms with van der Waals surface area (Å²) in [6.45, 7) is 7.72. The van der Waals surface area contributed by atoms with Crippen LogP contribution in [-0.4, -0.2) is 25.7 Å². The Hall–Kier alpha value is -0.970. The van der Waals surface area contributed by atoms with Crippen LogP contribution in [0.15, 0.2) is 24.3 Å². The second-order valence-corrected chi connectivity index (χ2v) is 4.26. The molecule has 4 heteroatoms. The minimum Gasteiger partial charge on any atom is -0.309 e. The number of benzene rings is 1. The molecule has 1 aliphatic heterocycles. The van der Waals surface area contributed by atoms with Crippen LogP contribution in [-0.2, 0) is 4.94 Å². The normalized spacial score (nSPS) is 23.1. The quantitative estimate of drug-likeness (QED) is 0.869. The zero-order valence-corrected chi connectivity index (χ0v) is 11.4. The van der Waals surface area contributed by atoms with Crippen molar-refractivity contribution in [3.63, 3.8) is 0 Å². The average molecular weight is 254 g/mol. The minimum atomic E-state index is 0.0612. The monoisotopic (exact) mass is 254 g/mol. The number of nitrogens with one attached hydrogen (secondary N) is 2. The van der Waals surface area contributed by atoms with Crippen molar-refractivity contribution < 1.29 is 9.47 Å². The molecule has 18 heavy (non-hydrogen) atoms. The van der Waals surface area contributed by atoms with E-state index in [9.17, 15) is 4.53 Å². The highest BCUT2D eigenvalue weighted by atomic mass is 19.3. The molecule has 1 fully saturated rings. The highest BCUT2D eigenvalue weighted by Gasteiger charge is 2.21. The van der Waals surface area contributed by atoms with E-state index in [2.05, 4.69) is 46.8 Å². The minimum absolute atomic E-state index is 0.0612. The largest absolute Gasteiger partial charge is 0.309 e. The van der Waals surface area contributed by atoms with E-state index in [1.54, 1.807) is 0 Å². The maximum absolute atomic E-state index is 11.7. The first-order valence-electron chi connectivity index (χ1n) is 6.56. The van der Waals surface area contributed by atoms with Gasteiger partial charge in [-0.25, -0.2) is 0 Å². The molecular weight excluding hydrogens is 231 g/mol. The Balaban J connectivity index is 0.000000771. The van der Waals surface area contributed by atoms with Gasteiger partial charge in [0.15, 0.2) is 0 Å².